The van der Waals surface area contributed by atoms with E-state index in [0.717, 1.165) is 36.6 Å². The maximum atomic E-state index is 13.1. The van der Waals surface area contributed by atoms with Gasteiger partial charge in [-0.3, -0.25) is 9.78 Å². The van der Waals surface area contributed by atoms with E-state index >= 15 is 0 Å². The van der Waals surface area contributed by atoms with Gasteiger partial charge in [-0.2, -0.15) is 4.98 Å². The molecule has 2 aromatic heterocycles. The molecule has 4 rings (SSSR count). The number of carbonyl (C=O) groups excluding carboxylic acids is 1. The zero-order valence-electron chi connectivity index (χ0n) is 14.7. The van der Waals surface area contributed by atoms with Crippen LogP contribution in [0.4, 0.5) is 0 Å². The number of aryl methyl sites for hydroxylation is 2. The zero-order valence-corrected chi connectivity index (χ0v) is 15.4. The number of hydrogen-bond acceptors (Lipinski definition) is 5. The topological polar surface area (TPSA) is 80.9 Å². The molecule has 0 unspecified atom stereocenters. The maximum absolute atomic E-state index is 13.1. The van der Waals surface area contributed by atoms with Crippen molar-refractivity contribution >= 4 is 28.4 Å². The number of halogens is 1. The van der Waals surface area contributed by atoms with E-state index in [4.69, 9.17) is 16.1 Å². The average Bonchev–Trinajstić information content (AvgIpc) is 3.24. The Bertz CT molecular complexity index is 992. The lowest BCUT2D eigenvalue weighted by molar-refractivity contribution is 0.0891. The number of pyridine rings is 1. The highest BCUT2D eigenvalue weighted by molar-refractivity contribution is 6.31. The molecule has 7 heteroatoms. The molecule has 6 nitrogen and oxygen atoms in total. The second-order valence-electron chi connectivity index (χ2n) is 6.84. The van der Waals surface area contributed by atoms with E-state index in [2.05, 4.69) is 20.4 Å². The number of hydrogen-bond donors (Lipinski definition) is 1. The minimum atomic E-state index is -0.579. The first-order chi connectivity index (χ1) is 12.5. The summed E-state index contributed by atoms with van der Waals surface area (Å²) in [6, 6.07) is 7.30. The Kier molecular flexibility index (Phi) is 4.15. The fourth-order valence-corrected chi connectivity index (χ4v) is 3.82. The highest BCUT2D eigenvalue weighted by Gasteiger charge is 2.41. The summed E-state index contributed by atoms with van der Waals surface area (Å²) < 4.78 is 5.14. The van der Waals surface area contributed by atoms with Crippen molar-refractivity contribution in [2.24, 2.45) is 0 Å². The summed E-state index contributed by atoms with van der Waals surface area (Å²) in [5.74, 6) is 0.871. The largest absolute Gasteiger partial charge is 0.340 e. The first kappa shape index (κ1) is 17.0. The molecule has 0 atom stereocenters. The molecule has 0 radical (unpaired) electrons. The van der Waals surface area contributed by atoms with Gasteiger partial charge in [0.2, 0.25) is 5.89 Å². The Morgan fingerprint density at radius 2 is 1.96 bits per heavy atom. The second kappa shape index (κ2) is 6.36. The van der Waals surface area contributed by atoms with Crippen LogP contribution < -0.4 is 5.32 Å². The normalized spacial score (nSPS) is 16.1. The molecule has 26 heavy (non-hydrogen) atoms. The lowest BCUT2D eigenvalue weighted by Gasteiger charge is -2.27. The summed E-state index contributed by atoms with van der Waals surface area (Å²) in [5.41, 5.74) is 1.44. The number of carbonyl (C=O) groups is 1. The Morgan fingerprint density at radius 1 is 1.19 bits per heavy atom. The van der Waals surface area contributed by atoms with Crippen LogP contribution in [0, 0.1) is 13.8 Å². The van der Waals surface area contributed by atoms with E-state index in [1.54, 1.807) is 13.0 Å². The molecular formula is C19H19ClN4O2. The van der Waals surface area contributed by atoms with Crippen molar-refractivity contribution in [2.45, 2.75) is 45.1 Å². The molecule has 3 aromatic rings. The first-order valence-corrected chi connectivity index (χ1v) is 9.05. The van der Waals surface area contributed by atoms with Crippen molar-refractivity contribution in [1.29, 1.82) is 0 Å². The summed E-state index contributed by atoms with van der Waals surface area (Å²) in [4.78, 5) is 22.0. The third-order valence-electron chi connectivity index (χ3n) is 4.98. The summed E-state index contributed by atoms with van der Waals surface area (Å²) in [7, 11) is 0. The molecule has 0 saturated heterocycles. The van der Waals surface area contributed by atoms with Crippen LogP contribution in [-0.4, -0.2) is 21.0 Å². The van der Waals surface area contributed by atoms with Crippen molar-refractivity contribution in [3.8, 4) is 0 Å². The Balaban J connectivity index is 1.70. The predicted octanol–water partition coefficient (Wildman–Crippen LogP) is 4.09. The monoisotopic (exact) mass is 370 g/mol. The van der Waals surface area contributed by atoms with Crippen LogP contribution in [0.1, 0.15) is 53.5 Å². The SMILES string of the molecule is Cc1nc(C2(NC(=O)c3cc4cc(Cl)ccc4nc3C)CCCC2)no1. The van der Waals surface area contributed by atoms with Crippen LogP contribution in [0.25, 0.3) is 10.9 Å². The van der Waals surface area contributed by atoms with Gasteiger partial charge in [-0.1, -0.05) is 29.6 Å². The van der Waals surface area contributed by atoms with Gasteiger partial charge in [0.1, 0.15) is 5.54 Å². The molecule has 0 bridgehead atoms. The minimum absolute atomic E-state index is 0.179. The third kappa shape index (κ3) is 2.94. The fourth-order valence-electron chi connectivity index (χ4n) is 3.63. The summed E-state index contributed by atoms with van der Waals surface area (Å²) in [6.45, 7) is 3.59. The molecule has 1 saturated carbocycles. The van der Waals surface area contributed by atoms with Crippen molar-refractivity contribution in [1.82, 2.24) is 20.4 Å². The van der Waals surface area contributed by atoms with Crippen molar-refractivity contribution < 1.29 is 9.32 Å². The Labute approximate surface area is 156 Å². The first-order valence-electron chi connectivity index (χ1n) is 8.67. The van der Waals surface area contributed by atoms with Crippen LogP contribution in [0.15, 0.2) is 28.8 Å². The highest BCUT2D eigenvalue weighted by Crippen LogP contribution is 2.37. The molecule has 0 aliphatic heterocycles. The number of benzene rings is 1. The summed E-state index contributed by atoms with van der Waals surface area (Å²) in [5, 5.41) is 8.68. The van der Waals surface area contributed by atoms with Gasteiger partial charge < -0.3 is 9.84 Å². The van der Waals surface area contributed by atoms with Crippen LogP contribution in [0.5, 0.6) is 0 Å². The quantitative estimate of drug-likeness (QED) is 0.751. The molecule has 1 N–H and O–H groups in total. The molecule has 1 fully saturated rings. The summed E-state index contributed by atoms with van der Waals surface area (Å²) in [6.07, 6.45) is 3.62. The van der Waals surface area contributed by atoms with Gasteiger partial charge in [0.15, 0.2) is 5.82 Å². The van der Waals surface area contributed by atoms with Crippen molar-refractivity contribution in [3.63, 3.8) is 0 Å². The van der Waals surface area contributed by atoms with E-state index in [1.165, 1.54) is 0 Å². The fraction of sp³-hybridized carbons (Fsp3) is 0.368. The highest BCUT2D eigenvalue weighted by atomic mass is 35.5. The van der Waals surface area contributed by atoms with Gasteiger partial charge >= 0.3 is 0 Å². The Hall–Kier alpha value is -2.47. The van der Waals surface area contributed by atoms with Gasteiger partial charge in [0, 0.05) is 17.3 Å². The molecule has 1 aliphatic carbocycles. The van der Waals surface area contributed by atoms with E-state index < -0.39 is 5.54 Å². The standard InChI is InChI=1S/C19H19ClN4O2/c1-11-15(10-13-9-14(20)5-6-16(13)21-11)17(25)23-19(7-3-4-8-19)18-22-12(2)26-24-18/h5-6,9-10H,3-4,7-8H2,1-2H3,(H,23,25). The van der Waals surface area contributed by atoms with Crippen LogP contribution in [-0.2, 0) is 5.54 Å². The summed E-state index contributed by atoms with van der Waals surface area (Å²) >= 11 is 6.08. The van der Waals surface area contributed by atoms with Gasteiger partial charge in [-0.05, 0) is 44.0 Å². The molecular weight excluding hydrogens is 352 g/mol. The molecule has 1 aromatic carbocycles. The van der Waals surface area contributed by atoms with Crippen LogP contribution >= 0.6 is 11.6 Å². The number of fused-ring (bicyclic) bond motifs is 1. The number of rotatable bonds is 3. The van der Waals surface area contributed by atoms with E-state index in [9.17, 15) is 4.79 Å². The molecule has 0 spiro atoms. The number of amides is 1. The van der Waals surface area contributed by atoms with Gasteiger partial charge in [0.05, 0.1) is 16.8 Å². The number of aromatic nitrogens is 3. The molecule has 1 amide bonds. The van der Waals surface area contributed by atoms with Gasteiger partial charge in [0.25, 0.3) is 5.91 Å². The number of nitrogens with zero attached hydrogens (tertiary/aromatic N) is 3. The van der Waals surface area contributed by atoms with Crippen molar-refractivity contribution in [2.75, 3.05) is 0 Å². The van der Waals surface area contributed by atoms with Crippen molar-refractivity contribution in [3.05, 3.63) is 52.3 Å². The smallest absolute Gasteiger partial charge is 0.253 e. The minimum Gasteiger partial charge on any atom is -0.340 e. The zero-order chi connectivity index (χ0) is 18.3. The predicted molar refractivity (Wildman–Crippen MR) is 98.1 cm³/mol. The van der Waals surface area contributed by atoms with E-state index in [0.29, 0.717) is 28.0 Å². The van der Waals surface area contributed by atoms with Gasteiger partial charge in [-0.25, -0.2) is 0 Å². The van der Waals surface area contributed by atoms with E-state index in [-0.39, 0.29) is 5.91 Å². The van der Waals surface area contributed by atoms with Crippen LogP contribution in [0.3, 0.4) is 0 Å². The Morgan fingerprint density at radius 3 is 2.65 bits per heavy atom. The lowest BCUT2D eigenvalue weighted by atomic mass is 9.95. The molecule has 1 aliphatic rings. The van der Waals surface area contributed by atoms with E-state index in [1.807, 2.05) is 25.1 Å². The van der Waals surface area contributed by atoms with Crippen LogP contribution in [0.2, 0.25) is 5.02 Å². The average molecular weight is 371 g/mol. The van der Waals surface area contributed by atoms with Gasteiger partial charge in [-0.15, -0.1) is 0 Å². The number of nitrogens with one attached hydrogen (secondary N) is 1. The molecule has 134 valence electrons. The second-order valence-corrected chi connectivity index (χ2v) is 7.28. The third-order valence-corrected chi connectivity index (χ3v) is 5.21. The maximum Gasteiger partial charge on any atom is 0.253 e. The lowest BCUT2D eigenvalue weighted by Crippen LogP contribution is -2.45. The molecule has 2 heterocycles.